The van der Waals surface area contributed by atoms with Crippen LogP contribution in [0.1, 0.15) is 51.4 Å². The average Bonchev–Trinajstić information content (AvgIpc) is 3.97. The van der Waals surface area contributed by atoms with Gasteiger partial charge in [-0.25, -0.2) is 0 Å². The molecule has 28 heteroatoms. The van der Waals surface area contributed by atoms with Crippen LogP contribution in [0.15, 0.2) is 0 Å². The first-order chi connectivity index (χ1) is 30.4. The third-order valence-electron chi connectivity index (χ3n) is 16.9. The van der Waals surface area contributed by atoms with Crippen LogP contribution in [-0.4, -0.2) is 97.1 Å². The van der Waals surface area contributed by atoms with Crippen molar-refractivity contribution in [2.45, 2.75) is 101 Å². The van der Waals surface area contributed by atoms with Gasteiger partial charge in [0.25, 0.3) is 0 Å². The largest absolute Gasteiger partial charge is 2.00 e. The molecule has 8 N–H and O–H groups in total. The number of carbonyl (C=O) groups excluding carboxylic acids is 8. The standard InChI is InChI=1S/C40H56N8O16.4Fe/c49-33(50)17-13-15(19(35(53)54)23(39(61)62)21(17)37(57)58)31-46-29(13)44-27-11-7-3-1-5-9(11)25(42-27)41-26-10-6-2-4-8-12(10)28(43-26)45-30-14-16(32(47-30)48-31)20(36(55)56)24(40(63)64)22(38(59)60)18(14)34(51)52;;;;/h9-32,41-48H,1-8H2,(H,49,50)(H,51,52)(H,53,54)(H,55,56)(H,57,58)(H,59,60)(H,61,62)(H,63,64);;;;/q;4*+2/p-8. The van der Waals surface area contributed by atoms with Gasteiger partial charge in [-0.05, 0) is 49.4 Å². The van der Waals surface area contributed by atoms with E-state index in [0.717, 1.165) is 38.5 Å². The summed E-state index contributed by atoms with van der Waals surface area (Å²) in [5.41, 5.74) is 0. The van der Waals surface area contributed by atoms with Gasteiger partial charge < -0.3 is 79.2 Å². The van der Waals surface area contributed by atoms with Crippen LogP contribution in [-0.2, 0) is 107 Å². The van der Waals surface area contributed by atoms with Crippen LogP contribution in [0, 0.1) is 94.7 Å². The Labute approximate surface area is 430 Å². The fourth-order valence-corrected chi connectivity index (χ4v) is 14.8. The Kier molecular flexibility index (Phi) is 18.0. The van der Waals surface area contributed by atoms with Gasteiger partial charge in [0.1, 0.15) is 0 Å². The van der Waals surface area contributed by atoms with Crippen molar-refractivity contribution in [1.82, 2.24) is 42.5 Å². The Hall–Kier alpha value is -2.48. The maximum absolute atomic E-state index is 13.2. The quantitative estimate of drug-likeness (QED) is 0.105. The smallest absolute Gasteiger partial charge is 0.550 e. The predicted octanol–water partition coefficient (Wildman–Crippen LogP) is -13.6. The van der Waals surface area contributed by atoms with Gasteiger partial charge in [0, 0.05) is 119 Å². The molecule has 5 saturated heterocycles. The van der Waals surface area contributed by atoms with Crippen LogP contribution >= 0.6 is 0 Å². The molecule has 9 aliphatic rings. The van der Waals surface area contributed by atoms with E-state index in [1.165, 1.54) is 0 Å². The van der Waals surface area contributed by atoms with Crippen LogP contribution < -0.4 is 83.4 Å². The molecule has 24 unspecified atom stereocenters. The fourth-order valence-electron chi connectivity index (χ4n) is 14.8. The number of hydrogen-bond acceptors (Lipinski definition) is 24. The van der Waals surface area contributed by atoms with Crippen molar-refractivity contribution in [2.75, 3.05) is 0 Å². The van der Waals surface area contributed by atoms with Crippen molar-refractivity contribution in [3.8, 4) is 0 Å². The number of aliphatic carboxylic acids is 8. The minimum Gasteiger partial charge on any atom is -0.550 e. The van der Waals surface area contributed by atoms with Crippen molar-refractivity contribution in [1.29, 1.82) is 0 Å². The second-order valence-electron chi connectivity index (χ2n) is 19.4. The maximum Gasteiger partial charge on any atom is 2.00 e. The molecule has 0 aromatic carbocycles. The molecule has 0 radical (unpaired) electrons. The van der Waals surface area contributed by atoms with Crippen LogP contribution in [0.25, 0.3) is 0 Å². The topological polar surface area (TPSA) is 417 Å². The monoisotopic (exact) mass is 1120 g/mol. The number of fused-ring (bicyclic) bond motifs is 20. The first-order valence-electron chi connectivity index (χ1n) is 22.2. The normalized spacial score (nSPS) is 46.4. The Morgan fingerprint density at radius 3 is 0.559 bits per heavy atom. The minimum atomic E-state index is -2.58. The van der Waals surface area contributed by atoms with Gasteiger partial charge in [-0.2, -0.15) is 0 Å². The molecule has 9 rings (SSSR count). The van der Waals surface area contributed by atoms with Crippen LogP contribution in [0.5, 0.6) is 0 Å². The maximum atomic E-state index is 13.2. The van der Waals surface area contributed by atoms with Crippen molar-refractivity contribution < 1.29 is 147 Å². The van der Waals surface area contributed by atoms with Gasteiger partial charge in [-0.3, -0.25) is 42.5 Å². The Morgan fingerprint density at radius 2 is 0.397 bits per heavy atom. The molecule has 5 aliphatic heterocycles. The molecule has 8 bridgehead atoms. The van der Waals surface area contributed by atoms with E-state index in [2.05, 4.69) is 42.5 Å². The van der Waals surface area contributed by atoms with E-state index in [4.69, 9.17) is 0 Å². The number of rotatable bonds is 8. The molecule has 4 aliphatic carbocycles. The first-order valence-corrected chi connectivity index (χ1v) is 22.2. The van der Waals surface area contributed by atoms with E-state index in [9.17, 15) is 79.2 Å². The van der Waals surface area contributed by atoms with Gasteiger partial charge in [0.05, 0.1) is 49.3 Å². The zero-order chi connectivity index (χ0) is 45.8. The SMILES string of the molecule is O=C([O-])C1C(C(=O)[O-])C(C(=O)[O-])C2C3NC(NC4NC(NC5NC(NC6NC(N3)C3C(C(=O)[O-])C(C(=O)[O-])C(C(=O)[O-])C(C(=O)[O-])C63)C3CCCCC53)C3CCCCC43)C2C1C(=O)[O-].[Fe+2].[Fe+2].[Fe+2].[Fe+2]. The zero-order valence-corrected chi connectivity index (χ0v) is 39.9. The molecular weight excluding hydrogens is 1070 g/mol. The van der Waals surface area contributed by atoms with Crippen LogP contribution in [0.4, 0.5) is 0 Å². The van der Waals surface area contributed by atoms with Gasteiger partial charge in [0.2, 0.25) is 0 Å². The third-order valence-corrected chi connectivity index (χ3v) is 16.9. The Bertz CT molecular complexity index is 1870. The summed E-state index contributed by atoms with van der Waals surface area (Å²) in [5, 5.41) is 131. The van der Waals surface area contributed by atoms with E-state index in [-0.39, 0.29) is 104 Å². The van der Waals surface area contributed by atoms with Crippen molar-refractivity contribution in [3.05, 3.63) is 0 Å². The molecule has 5 heterocycles. The van der Waals surface area contributed by atoms with Gasteiger partial charge >= 0.3 is 68.3 Å². The molecule has 9 fully saturated rings. The average molecular weight is 1120 g/mol. The van der Waals surface area contributed by atoms with E-state index in [1.807, 2.05) is 0 Å². The predicted molar refractivity (Wildman–Crippen MR) is 188 cm³/mol. The van der Waals surface area contributed by atoms with Crippen molar-refractivity contribution >= 4 is 47.8 Å². The summed E-state index contributed by atoms with van der Waals surface area (Å²) in [4.78, 5) is 104. The molecule has 4 saturated carbocycles. The van der Waals surface area contributed by atoms with Gasteiger partial charge in [-0.15, -0.1) is 0 Å². The summed E-state index contributed by atoms with van der Waals surface area (Å²) < 4.78 is 0. The second-order valence-corrected chi connectivity index (χ2v) is 19.4. The van der Waals surface area contributed by atoms with Gasteiger partial charge in [-0.1, -0.05) is 25.7 Å². The number of nitrogens with one attached hydrogen (secondary N) is 8. The summed E-state index contributed by atoms with van der Waals surface area (Å²) in [6.45, 7) is 0. The van der Waals surface area contributed by atoms with Gasteiger partial charge in [0.15, 0.2) is 0 Å². The zero-order valence-electron chi connectivity index (χ0n) is 35.5. The van der Waals surface area contributed by atoms with E-state index < -0.39 is 156 Å². The summed E-state index contributed by atoms with van der Waals surface area (Å²) in [6, 6.07) is 0. The van der Waals surface area contributed by atoms with E-state index >= 15 is 0 Å². The molecule has 376 valence electrons. The fraction of sp³-hybridized carbons (Fsp3) is 0.800. The number of carboxylic acid groups (broad SMARTS) is 8. The molecule has 0 amide bonds. The molecule has 68 heavy (non-hydrogen) atoms. The van der Waals surface area contributed by atoms with E-state index in [1.54, 1.807) is 0 Å². The summed E-state index contributed by atoms with van der Waals surface area (Å²) in [6.07, 6.45) is -1.58. The molecule has 0 aromatic rings. The molecule has 24 nitrogen and oxygen atoms in total. The first kappa shape index (κ1) is 56.4. The van der Waals surface area contributed by atoms with Crippen LogP contribution in [0.2, 0.25) is 0 Å². The second kappa shape index (κ2) is 21.7. The van der Waals surface area contributed by atoms with Crippen molar-refractivity contribution in [3.63, 3.8) is 0 Å². The molecule has 24 atom stereocenters. The Morgan fingerprint density at radius 1 is 0.250 bits per heavy atom. The third kappa shape index (κ3) is 9.28. The molecule has 0 aromatic heterocycles. The van der Waals surface area contributed by atoms with Crippen LogP contribution in [0.3, 0.4) is 0 Å². The molecular formula is C40H48Fe4N8O16. The number of carboxylic acids is 8. The van der Waals surface area contributed by atoms with E-state index in [0.29, 0.717) is 12.8 Å². The van der Waals surface area contributed by atoms with Crippen molar-refractivity contribution in [2.24, 2.45) is 94.7 Å². The molecule has 0 spiro atoms. The number of carbonyl (C=O) groups is 8. The Balaban J connectivity index is 0.00000216. The summed E-state index contributed by atoms with van der Waals surface area (Å²) in [5.74, 6) is -43.7. The minimum absolute atomic E-state index is 0. The summed E-state index contributed by atoms with van der Waals surface area (Å²) >= 11 is 0. The number of hydrogen-bond donors (Lipinski definition) is 8. The summed E-state index contributed by atoms with van der Waals surface area (Å²) in [7, 11) is 0.